The molecule has 0 radical (unpaired) electrons. The van der Waals surface area contributed by atoms with Gasteiger partial charge in [0.05, 0.1) is 18.2 Å². The summed E-state index contributed by atoms with van der Waals surface area (Å²) < 4.78 is 2.02. The van der Waals surface area contributed by atoms with Crippen LogP contribution in [0.1, 0.15) is 40.8 Å². The second-order valence-electron chi connectivity index (χ2n) is 8.98. The fraction of sp³-hybridized carbons (Fsp3) is 0.296. The van der Waals surface area contributed by atoms with Crippen molar-refractivity contribution in [3.63, 3.8) is 0 Å². The minimum Gasteiger partial charge on any atom is -0.368 e. The number of anilines is 1. The van der Waals surface area contributed by atoms with Gasteiger partial charge in [-0.3, -0.25) is 19.1 Å². The number of rotatable bonds is 5. The van der Waals surface area contributed by atoms with E-state index in [1.807, 2.05) is 64.1 Å². The van der Waals surface area contributed by atoms with Crippen molar-refractivity contribution >= 4 is 17.6 Å². The summed E-state index contributed by atoms with van der Waals surface area (Å²) >= 11 is 0. The number of hydrogen-bond donors (Lipinski definition) is 2. The van der Waals surface area contributed by atoms with Crippen molar-refractivity contribution in [2.45, 2.75) is 44.7 Å². The summed E-state index contributed by atoms with van der Waals surface area (Å²) in [4.78, 5) is 27.3. The summed E-state index contributed by atoms with van der Waals surface area (Å²) in [7, 11) is 0. The number of nitrogens with two attached hydrogens (primary N) is 1. The van der Waals surface area contributed by atoms with Gasteiger partial charge in [0.2, 0.25) is 11.8 Å². The van der Waals surface area contributed by atoms with Crippen LogP contribution in [-0.2, 0) is 35.4 Å². The highest BCUT2D eigenvalue weighted by Gasteiger charge is 2.32. The van der Waals surface area contributed by atoms with Gasteiger partial charge in [0.25, 0.3) is 0 Å². The lowest BCUT2D eigenvalue weighted by Gasteiger charge is -2.34. The Labute approximate surface area is 198 Å². The third kappa shape index (κ3) is 3.97. The molecule has 0 saturated carbocycles. The molecule has 172 valence electrons. The van der Waals surface area contributed by atoms with Crippen molar-refractivity contribution in [3.05, 3.63) is 82.5 Å². The molecular weight excluding hydrogens is 426 g/mol. The molecule has 5 rings (SSSR count). The zero-order valence-electron chi connectivity index (χ0n) is 19.0. The molecule has 2 amide bonds. The zero-order valence-corrected chi connectivity index (χ0v) is 19.0. The lowest BCUT2D eigenvalue weighted by molar-refractivity contribution is -0.125. The van der Waals surface area contributed by atoms with Crippen LogP contribution < -0.4 is 11.1 Å². The van der Waals surface area contributed by atoms with Gasteiger partial charge >= 0.3 is 0 Å². The van der Waals surface area contributed by atoms with Gasteiger partial charge in [-0.2, -0.15) is 5.26 Å². The number of fused-ring (bicyclic) bond motifs is 2. The topological polar surface area (TPSA) is 104 Å². The average molecular weight is 454 g/mol. The molecule has 1 atom stereocenters. The Morgan fingerprint density at radius 2 is 1.74 bits per heavy atom. The summed E-state index contributed by atoms with van der Waals surface area (Å²) in [5, 5.41) is 13.0. The van der Waals surface area contributed by atoms with Gasteiger partial charge in [0.1, 0.15) is 11.9 Å². The predicted molar refractivity (Wildman–Crippen MR) is 129 cm³/mol. The number of amides is 2. The Hall–Kier alpha value is -3.89. The summed E-state index contributed by atoms with van der Waals surface area (Å²) in [6.07, 6.45) is 4.25. The second kappa shape index (κ2) is 9.16. The molecule has 0 bridgehead atoms. The number of nitriles is 1. The van der Waals surface area contributed by atoms with E-state index in [0.29, 0.717) is 24.3 Å². The molecule has 0 spiro atoms. The molecule has 0 saturated heterocycles. The number of para-hydroxylation sites is 1. The van der Waals surface area contributed by atoms with Crippen LogP contribution in [0.4, 0.5) is 5.82 Å². The predicted octanol–water partition coefficient (Wildman–Crippen LogP) is 3.08. The van der Waals surface area contributed by atoms with Crippen molar-refractivity contribution in [1.82, 2.24) is 9.47 Å². The SMILES string of the molecule is N#Cc1c2c(n(-c3ccccc3)c1NC(=O)CN1Cc3ccccc3C[C@H]1C(N)=O)CCCC2. The molecular formula is C27H27N5O2. The highest BCUT2D eigenvalue weighted by Crippen LogP contribution is 2.35. The molecule has 3 N–H and O–H groups in total. The maximum Gasteiger partial charge on any atom is 0.239 e. The van der Waals surface area contributed by atoms with Gasteiger partial charge in [-0.05, 0) is 60.9 Å². The molecule has 7 heteroatoms. The van der Waals surface area contributed by atoms with Gasteiger partial charge in [-0.15, -0.1) is 0 Å². The Balaban J connectivity index is 1.47. The summed E-state index contributed by atoms with van der Waals surface area (Å²) in [6.45, 7) is 0.482. The largest absolute Gasteiger partial charge is 0.368 e. The first-order chi connectivity index (χ1) is 16.6. The van der Waals surface area contributed by atoms with Crippen molar-refractivity contribution < 1.29 is 9.59 Å². The third-order valence-corrected chi connectivity index (χ3v) is 6.88. The van der Waals surface area contributed by atoms with Crippen molar-refractivity contribution in [2.75, 3.05) is 11.9 Å². The molecule has 2 heterocycles. The maximum absolute atomic E-state index is 13.3. The summed E-state index contributed by atoms with van der Waals surface area (Å²) in [5.74, 6) is -0.198. The molecule has 0 unspecified atom stereocenters. The van der Waals surface area contributed by atoms with Crippen LogP contribution in [0.15, 0.2) is 54.6 Å². The number of carbonyl (C=O) groups excluding carboxylic acids is 2. The van der Waals surface area contributed by atoms with E-state index >= 15 is 0 Å². The van der Waals surface area contributed by atoms with E-state index < -0.39 is 11.9 Å². The monoisotopic (exact) mass is 453 g/mol. The summed E-state index contributed by atoms with van der Waals surface area (Å²) in [5.41, 5.74) is 11.4. The first-order valence-electron chi connectivity index (χ1n) is 11.7. The quantitative estimate of drug-likeness (QED) is 0.619. The molecule has 2 aliphatic rings. The lowest BCUT2D eigenvalue weighted by atomic mass is 9.93. The van der Waals surface area contributed by atoms with E-state index in [9.17, 15) is 14.9 Å². The number of aromatic nitrogens is 1. The number of primary amides is 1. The maximum atomic E-state index is 13.3. The molecule has 1 aromatic heterocycles. The Kier molecular flexibility index (Phi) is 5.91. The molecule has 1 aliphatic heterocycles. The average Bonchev–Trinajstić information content (AvgIpc) is 3.16. The minimum absolute atomic E-state index is 0.0114. The molecule has 34 heavy (non-hydrogen) atoms. The third-order valence-electron chi connectivity index (χ3n) is 6.88. The smallest absolute Gasteiger partial charge is 0.239 e. The number of benzene rings is 2. The summed E-state index contributed by atoms with van der Waals surface area (Å²) in [6, 6.07) is 19.5. The molecule has 0 fully saturated rings. The molecule has 1 aliphatic carbocycles. The van der Waals surface area contributed by atoms with Crippen LogP contribution in [0, 0.1) is 11.3 Å². The van der Waals surface area contributed by atoms with Gasteiger partial charge in [-0.25, -0.2) is 0 Å². The molecule has 7 nitrogen and oxygen atoms in total. The van der Waals surface area contributed by atoms with Gasteiger partial charge in [0, 0.05) is 17.9 Å². The zero-order chi connectivity index (χ0) is 23.7. The van der Waals surface area contributed by atoms with E-state index in [4.69, 9.17) is 5.73 Å². The normalized spacial score (nSPS) is 17.3. The number of nitrogens with one attached hydrogen (secondary N) is 1. The molecule has 3 aromatic rings. The van der Waals surface area contributed by atoms with E-state index in [1.54, 1.807) is 0 Å². The fourth-order valence-corrected chi connectivity index (χ4v) is 5.28. The Morgan fingerprint density at radius 3 is 2.47 bits per heavy atom. The van der Waals surface area contributed by atoms with Crippen LogP contribution in [0.25, 0.3) is 5.69 Å². The second-order valence-corrected chi connectivity index (χ2v) is 8.98. The van der Waals surface area contributed by atoms with Crippen molar-refractivity contribution in [2.24, 2.45) is 5.73 Å². The Morgan fingerprint density at radius 1 is 1.03 bits per heavy atom. The van der Waals surface area contributed by atoms with E-state index in [0.717, 1.165) is 53.8 Å². The highest BCUT2D eigenvalue weighted by atomic mass is 16.2. The lowest BCUT2D eigenvalue weighted by Crippen LogP contribution is -2.51. The van der Waals surface area contributed by atoms with Crippen LogP contribution in [0.3, 0.4) is 0 Å². The number of hydrogen-bond acceptors (Lipinski definition) is 4. The van der Waals surface area contributed by atoms with E-state index in [-0.39, 0.29) is 12.5 Å². The van der Waals surface area contributed by atoms with E-state index in [1.165, 1.54) is 0 Å². The Bertz CT molecular complexity index is 1290. The van der Waals surface area contributed by atoms with Crippen molar-refractivity contribution in [1.29, 1.82) is 5.26 Å². The van der Waals surface area contributed by atoms with Crippen LogP contribution >= 0.6 is 0 Å². The number of carbonyl (C=O) groups is 2. The van der Waals surface area contributed by atoms with E-state index in [2.05, 4.69) is 11.4 Å². The number of nitrogens with zero attached hydrogens (tertiary/aromatic N) is 3. The fourth-order valence-electron chi connectivity index (χ4n) is 5.28. The molecule has 2 aromatic carbocycles. The van der Waals surface area contributed by atoms with Crippen LogP contribution in [0.5, 0.6) is 0 Å². The van der Waals surface area contributed by atoms with Crippen LogP contribution in [0.2, 0.25) is 0 Å². The highest BCUT2D eigenvalue weighted by molar-refractivity contribution is 5.94. The first kappa shape index (κ1) is 21.9. The van der Waals surface area contributed by atoms with Gasteiger partial charge in [0.15, 0.2) is 0 Å². The van der Waals surface area contributed by atoms with Crippen LogP contribution in [-0.4, -0.2) is 33.9 Å². The minimum atomic E-state index is -0.551. The van der Waals surface area contributed by atoms with Gasteiger partial charge in [-0.1, -0.05) is 42.5 Å². The standard InChI is InChI=1S/C27H27N5O2/c28-15-22-21-12-6-7-13-23(21)32(20-10-2-1-3-11-20)27(22)30-25(33)17-31-16-19-9-5-4-8-18(19)14-24(31)26(29)34/h1-5,8-11,24H,6-7,12-14,16-17H2,(H2,29,34)(H,30,33)/t24-/m0/s1. The first-order valence-corrected chi connectivity index (χ1v) is 11.7. The van der Waals surface area contributed by atoms with Crippen molar-refractivity contribution in [3.8, 4) is 11.8 Å². The van der Waals surface area contributed by atoms with Gasteiger partial charge < -0.3 is 11.1 Å².